The number of hydrogen-bond donors (Lipinski definition) is 0. The average molecular weight is 217 g/mol. The molecule has 0 aromatic carbocycles. The van der Waals surface area contributed by atoms with Gasteiger partial charge in [0.25, 0.3) is 0 Å². The van der Waals surface area contributed by atoms with Crippen LogP contribution in [-0.2, 0) is 5.41 Å². The summed E-state index contributed by atoms with van der Waals surface area (Å²) >= 11 is 0. The van der Waals surface area contributed by atoms with E-state index in [9.17, 15) is 0 Å². The molecule has 0 amide bonds. The zero-order valence-corrected chi connectivity index (χ0v) is 10.7. The summed E-state index contributed by atoms with van der Waals surface area (Å²) in [5.41, 5.74) is 1.62. The first-order chi connectivity index (χ1) is 7.62. The van der Waals surface area contributed by atoms with Gasteiger partial charge in [0.2, 0.25) is 0 Å². The molecule has 0 radical (unpaired) electrons. The Morgan fingerprint density at radius 1 is 1.25 bits per heavy atom. The van der Waals surface area contributed by atoms with Crippen LogP contribution in [0.1, 0.15) is 52.1 Å². The van der Waals surface area contributed by atoms with Crippen molar-refractivity contribution in [3.63, 3.8) is 0 Å². The van der Waals surface area contributed by atoms with Crippen molar-refractivity contribution in [1.82, 2.24) is 4.98 Å². The van der Waals surface area contributed by atoms with Gasteiger partial charge in [0.05, 0.1) is 0 Å². The minimum Gasteiger partial charge on any atom is -0.261 e. The van der Waals surface area contributed by atoms with E-state index in [4.69, 9.17) is 0 Å². The van der Waals surface area contributed by atoms with Crippen LogP contribution in [0.4, 0.5) is 0 Å². The quantitative estimate of drug-likeness (QED) is 0.724. The molecule has 0 unspecified atom stereocenters. The number of nitrogens with zero attached hydrogens (tertiary/aromatic N) is 1. The number of aromatic nitrogens is 1. The molecule has 0 spiro atoms. The van der Waals surface area contributed by atoms with Crippen molar-refractivity contribution in [1.29, 1.82) is 0 Å². The molecule has 1 aliphatic carbocycles. The van der Waals surface area contributed by atoms with Crippen molar-refractivity contribution in [3.8, 4) is 0 Å². The van der Waals surface area contributed by atoms with Gasteiger partial charge in [0.1, 0.15) is 0 Å². The Labute approximate surface area is 99.3 Å². The molecule has 1 fully saturated rings. The lowest BCUT2D eigenvalue weighted by molar-refractivity contribution is 0.201. The van der Waals surface area contributed by atoms with Gasteiger partial charge in [-0.15, -0.1) is 0 Å². The highest BCUT2D eigenvalue weighted by Gasteiger charge is 2.34. The van der Waals surface area contributed by atoms with E-state index < -0.39 is 0 Å². The zero-order chi connectivity index (χ0) is 11.6. The van der Waals surface area contributed by atoms with Crippen LogP contribution < -0.4 is 0 Å². The molecule has 1 saturated carbocycles. The summed E-state index contributed by atoms with van der Waals surface area (Å²) in [6, 6.07) is 6.31. The summed E-state index contributed by atoms with van der Waals surface area (Å²) in [5, 5.41) is 0. The van der Waals surface area contributed by atoms with Gasteiger partial charge in [-0.25, -0.2) is 0 Å². The highest BCUT2D eigenvalue weighted by atomic mass is 14.7. The maximum atomic E-state index is 4.54. The predicted molar refractivity (Wildman–Crippen MR) is 68.4 cm³/mol. The van der Waals surface area contributed by atoms with Crippen LogP contribution in [0.5, 0.6) is 0 Å². The number of rotatable bonds is 2. The van der Waals surface area contributed by atoms with Crippen molar-refractivity contribution < 1.29 is 0 Å². The summed E-state index contributed by atoms with van der Waals surface area (Å²) in [7, 11) is 0. The monoisotopic (exact) mass is 217 g/mol. The fourth-order valence-corrected chi connectivity index (χ4v) is 2.92. The summed E-state index contributed by atoms with van der Waals surface area (Å²) in [6.45, 7) is 7.09. The lowest BCUT2D eigenvalue weighted by atomic mass is 9.67. The fourth-order valence-electron chi connectivity index (χ4n) is 2.92. The van der Waals surface area contributed by atoms with Crippen molar-refractivity contribution in [3.05, 3.63) is 30.1 Å². The average Bonchev–Trinajstić information content (AvgIpc) is 2.31. The minimum absolute atomic E-state index is 0.326. The van der Waals surface area contributed by atoms with Crippen LogP contribution in [0.15, 0.2) is 24.4 Å². The Morgan fingerprint density at radius 3 is 2.44 bits per heavy atom. The third-order valence-corrected chi connectivity index (χ3v) is 4.36. The Bertz CT molecular complexity index is 321. The molecule has 0 saturated heterocycles. The van der Waals surface area contributed by atoms with Crippen molar-refractivity contribution in [2.75, 3.05) is 0 Å². The van der Waals surface area contributed by atoms with Gasteiger partial charge < -0.3 is 0 Å². The molecular formula is C15H23N. The first-order valence-corrected chi connectivity index (χ1v) is 6.53. The molecule has 2 rings (SSSR count). The molecule has 88 valence electrons. The summed E-state index contributed by atoms with van der Waals surface area (Å²) in [5.74, 6) is 1.77. The normalized spacial score (nSPS) is 30.6. The maximum absolute atomic E-state index is 4.54. The molecule has 1 nitrogen and oxygen atoms in total. The van der Waals surface area contributed by atoms with Gasteiger partial charge in [-0.05, 0) is 49.7 Å². The first kappa shape index (κ1) is 11.6. The second kappa shape index (κ2) is 4.57. The third-order valence-electron chi connectivity index (χ3n) is 4.36. The predicted octanol–water partition coefficient (Wildman–Crippen LogP) is 4.19. The van der Waals surface area contributed by atoms with E-state index in [0.717, 1.165) is 11.8 Å². The zero-order valence-electron chi connectivity index (χ0n) is 10.7. The smallest absolute Gasteiger partial charge is 0.0462 e. The van der Waals surface area contributed by atoms with Gasteiger partial charge >= 0.3 is 0 Å². The van der Waals surface area contributed by atoms with E-state index in [2.05, 4.69) is 37.9 Å². The molecule has 1 heterocycles. The van der Waals surface area contributed by atoms with E-state index >= 15 is 0 Å². The van der Waals surface area contributed by atoms with E-state index in [0.29, 0.717) is 5.41 Å². The van der Waals surface area contributed by atoms with Gasteiger partial charge in [-0.1, -0.05) is 26.8 Å². The standard InChI is InChI=1S/C15H23N/c1-12(2)13-7-9-15(3,10-8-13)14-6-4-5-11-16-14/h4-6,11-13H,7-10H2,1-3H3. The van der Waals surface area contributed by atoms with Gasteiger partial charge in [0.15, 0.2) is 0 Å². The molecule has 0 aliphatic heterocycles. The lowest BCUT2D eigenvalue weighted by Gasteiger charge is -2.38. The number of hydrogen-bond acceptors (Lipinski definition) is 1. The Kier molecular flexibility index (Phi) is 3.32. The molecule has 0 atom stereocenters. The molecule has 1 aliphatic rings. The largest absolute Gasteiger partial charge is 0.261 e. The van der Waals surface area contributed by atoms with Gasteiger partial charge in [-0.2, -0.15) is 0 Å². The van der Waals surface area contributed by atoms with Gasteiger partial charge in [-0.3, -0.25) is 4.98 Å². The molecule has 1 aromatic rings. The van der Waals surface area contributed by atoms with Gasteiger partial charge in [0, 0.05) is 17.3 Å². The second-order valence-corrected chi connectivity index (χ2v) is 5.86. The van der Waals surface area contributed by atoms with Crippen molar-refractivity contribution in [2.24, 2.45) is 11.8 Å². The lowest BCUT2D eigenvalue weighted by Crippen LogP contribution is -2.31. The summed E-state index contributed by atoms with van der Waals surface area (Å²) in [6.07, 6.45) is 7.25. The molecule has 16 heavy (non-hydrogen) atoms. The minimum atomic E-state index is 0.326. The maximum Gasteiger partial charge on any atom is 0.0462 e. The first-order valence-electron chi connectivity index (χ1n) is 6.53. The van der Waals surface area contributed by atoms with Crippen molar-refractivity contribution >= 4 is 0 Å². The SMILES string of the molecule is CC(C)C1CCC(C)(c2ccccn2)CC1. The highest BCUT2D eigenvalue weighted by Crippen LogP contribution is 2.42. The van der Waals surface area contributed by atoms with Crippen LogP contribution in [0, 0.1) is 11.8 Å². The second-order valence-electron chi connectivity index (χ2n) is 5.86. The van der Waals surface area contributed by atoms with Crippen LogP contribution in [0.3, 0.4) is 0 Å². The van der Waals surface area contributed by atoms with E-state index in [-0.39, 0.29) is 0 Å². The van der Waals surface area contributed by atoms with Crippen LogP contribution >= 0.6 is 0 Å². The summed E-state index contributed by atoms with van der Waals surface area (Å²) in [4.78, 5) is 4.54. The molecule has 1 heteroatoms. The number of pyridine rings is 1. The van der Waals surface area contributed by atoms with E-state index in [1.54, 1.807) is 0 Å². The molecule has 0 bridgehead atoms. The van der Waals surface area contributed by atoms with E-state index in [1.807, 2.05) is 12.3 Å². The fraction of sp³-hybridized carbons (Fsp3) is 0.667. The van der Waals surface area contributed by atoms with E-state index in [1.165, 1.54) is 31.4 Å². The topological polar surface area (TPSA) is 12.9 Å². The molecule has 1 aromatic heterocycles. The Hall–Kier alpha value is -0.850. The molecular weight excluding hydrogens is 194 g/mol. The Morgan fingerprint density at radius 2 is 1.94 bits per heavy atom. The third kappa shape index (κ3) is 2.28. The van der Waals surface area contributed by atoms with Crippen LogP contribution in [0.25, 0.3) is 0 Å². The van der Waals surface area contributed by atoms with Crippen LogP contribution in [0.2, 0.25) is 0 Å². The summed E-state index contributed by atoms with van der Waals surface area (Å²) < 4.78 is 0. The highest BCUT2D eigenvalue weighted by molar-refractivity contribution is 5.16. The Balaban J connectivity index is 2.07. The molecule has 0 N–H and O–H groups in total. The van der Waals surface area contributed by atoms with Crippen LogP contribution in [-0.4, -0.2) is 4.98 Å². The van der Waals surface area contributed by atoms with Crippen molar-refractivity contribution in [2.45, 2.75) is 51.9 Å².